The van der Waals surface area contributed by atoms with Crippen molar-refractivity contribution in [1.29, 1.82) is 0 Å². The summed E-state index contributed by atoms with van der Waals surface area (Å²) < 4.78 is 18.7. The van der Waals surface area contributed by atoms with Gasteiger partial charge in [0.25, 0.3) is 13.4 Å². The lowest BCUT2D eigenvalue weighted by atomic mass is 9.34. The van der Waals surface area contributed by atoms with Gasteiger partial charge < -0.3 is 18.6 Å². The minimum absolute atomic E-state index is 0.0316. The van der Waals surface area contributed by atoms with Gasteiger partial charge in [-0.15, -0.1) is 0 Å². The van der Waals surface area contributed by atoms with Crippen LogP contribution in [0.15, 0.2) is 127 Å². The Morgan fingerprint density at radius 1 is 0.462 bits per heavy atom. The predicted molar refractivity (Wildman–Crippen MR) is 216 cm³/mol. The van der Waals surface area contributed by atoms with Crippen LogP contribution in [-0.2, 0) is 5.41 Å². The predicted octanol–water partition coefficient (Wildman–Crippen LogP) is 7.05. The van der Waals surface area contributed by atoms with E-state index >= 15 is 0 Å². The number of hydrogen-bond donors (Lipinski definition) is 0. The number of fused-ring (bicyclic) bond motifs is 16. The molecule has 4 aliphatic rings. The molecule has 7 aromatic carbocycles. The van der Waals surface area contributed by atoms with Crippen molar-refractivity contribution in [2.45, 2.75) is 26.2 Å². The fourth-order valence-corrected chi connectivity index (χ4v) is 10.2. The maximum absolute atomic E-state index is 6.84. The summed E-state index contributed by atoms with van der Waals surface area (Å²) in [6.07, 6.45) is 0. The zero-order chi connectivity index (χ0) is 34.2. The summed E-state index contributed by atoms with van der Waals surface area (Å²) in [7, 11) is 0. The highest BCUT2D eigenvalue weighted by molar-refractivity contribution is 7.00. The van der Waals surface area contributed by atoms with Crippen molar-refractivity contribution in [2.24, 2.45) is 0 Å². The fraction of sp³-hybridized carbons (Fsp3) is 0.0870. The Kier molecular flexibility index (Phi) is 4.78. The fourth-order valence-electron chi connectivity index (χ4n) is 10.2. The molecule has 9 aromatic rings. The molecule has 0 atom stereocenters. The Bertz CT molecular complexity index is 3140. The number of nitrogens with zero attached hydrogens (tertiary/aromatic N) is 2. The lowest BCUT2D eigenvalue weighted by Gasteiger charge is -2.35. The maximum Gasteiger partial charge on any atom is 0.256 e. The monoisotopic (exact) mass is 664 g/mol. The van der Waals surface area contributed by atoms with Crippen LogP contribution in [0.2, 0.25) is 0 Å². The normalized spacial score (nSPS) is 14.3. The number of rotatable bonds is 0. The minimum atomic E-state index is -0.0584. The molecule has 242 valence electrons. The topological polar surface area (TPSA) is 28.3 Å². The second-order valence-corrected chi connectivity index (χ2v) is 16.0. The van der Waals surface area contributed by atoms with Crippen LogP contribution in [0.25, 0.3) is 55.0 Å². The summed E-state index contributed by atoms with van der Waals surface area (Å²) in [5, 5.41) is 5.11. The van der Waals surface area contributed by atoms with Crippen molar-refractivity contribution in [3.05, 3.63) is 133 Å². The number of para-hydroxylation sites is 4. The third kappa shape index (κ3) is 3.12. The first kappa shape index (κ1) is 27.6. The molecule has 0 unspecified atom stereocenters. The molecule has 0 radical (unpaired) electrons. The van der Waals surface area contributed by atoms with E-state index in [1.165, 1.54) is 93.3 Å². The molecular weight excluding hydrogens is 634 g/mol. The summed E-state index contributed by atoms with van der Waals surface area (Å²) in [6.45, 7) is 7.01. The quantitative estimate of drug-likeness (QED) is 0.163. The highest BCUT2D eigenvalue weighted by atomic mass is 16.5. The van der Waals surface area contributed by atoms with E-state index in [4.69, 9.17) is 9.47 Å². The smallest absolute Gasteiger partial charge is 0.256 e. The van der Waals surface area contributed by atoms with Crippen molar-refractivity contribution in [3.8, 4) is 34.4 Å². The molecule has 0 saturated heterocycles. The van der Waals surface area contributed by atoms with Gasteiger partial charge in [-0.05, 0) is 92.3 Å². The first-order valence-electron chi connectivity index (χ1n) is 18.3. The van der Waals surface area contributed by atoms with E-state index in [-0.39, 0.29) is 18.8 Å². The van der Waals surface area contributed by atoms with Gasteiger partial charge in [-0.1, -0.05) is 99.6 Å². The van der Waals surface area contributed by atoms with Gasteiger partial charge in [0.05, 0.1) is 22.1 Å². The maximum atomic E-state index is 6.84. The summed E-state index contributed by atoms with van der Waals surface area (Å²) in [5.41, 5.74) is 16.3. The molecule has 6 heterocycles. The molecule has 0 spiro atoms. The van der Waals surface area contributed by atoms with Crippen molar-refractivity contribution in [3.63, 3.8) is 0 Å². The first-order valence-corrected chi connectivity index (χ1v) is 18.3. The summed E-state index contributed by atoms with van der Waals surface area (Å²) in [6, 6.07) is 47.0. The SMILES string of the molecule is CC(C)(C)c1cc2c3c(c1)-n1c4ccccc4c4c1c(cc1c5ccc6c7c5n(c14)-c1ccccc1B7c1ccccc1O6)B3c1ccccc1O2. The standard InChI is InChI=1S/C46H30B2N2O2/c1-46(2,3)25-22-35-41-39(23-25)52-37-19-11-7-15-31(37)48(41)32-24-28-26-20-21-38-42-44(26)50(43(28)40-27-12-4-8-16-33(27)49(35)45(32)40)34-17-9-5-13-29(34)47(42)30-14-6-10-18-36(30)51-38/h4-24H,1-3H3. The molecule has 0 fully saturated rings. The Morgan fingerprint density at radius 2 is 1.13 bits per heavy atom. The van der Waals surface area contributed by atoms with Gasteiger partial charge in [0.15, 0.2) is 0 Å². The molecule has 0 amide bonds. The molecule has 2 aromatic heterocycles. The molecule has 4 nitrogen and oxygen atoms in total. The third-order valence-corrected chi connectivity index (χ3v) is 12.4. The van der Waals surface area contributed by atoms with Gasteiger partial charge in [0.1, 0.15) is 23.0 Å². The molecular formula is C46H30B2N2O2. The molecule has 0 N–H and O–H groups in total. The summed E-state index contributed by atoms with van der Waals surface area (Å²) in [5.74, 6) is 3.79. The van der Waals surface area contributed by atoms with Gasteiger partial charge in [0.2, 0.25) is 0 Å². The van der Waals surface area contributed by atoms with E-state index in [0.29, 0.717) is 0 Å². The first-order chi connectivity index (χ1) is 25.5. The van der Waals surface area contributed by atoms with Crippen LogP contribution in [0.3, 0.4) is 0 Å². The van der Waals surface area contributed by atoms with Crippen molar-refractivity contribution >= 4 is 89.8 Å². The second kappa shape index (κ2) is 9.02. The lowest BCUT2D eigenvalue weighted by molar-refractivity contribution is 0.483. The van der Waals surface area contributed by atoms with E-state index in [2.05, 4.69) is 157 Å². The third-order valence-electron chi connectivity index (χ3n) is 12.4. The largest absolute Gasteiger partial charge is 0.458 e. The average molecular weight is 664 g/mol. The van der Waals surface area contributed by atoms with Crippen LogP contribution < -0.4 is 42.3 Å². The Labute approximate surface area is 301 Å². The van der Waals surface area contributed by atoms with E-state index in [0.717, 1.165) is 23.0 Å². The second-order valence-electron chi connectivity index (χ2n) is 16.0. The van der Waals surface area contributed by atoms with Crippen LogP contribution >= 0.6 is 0 Å². The van der Waals surface area contributed by atoms with Crippen molar-refractivity contribution in [2.75, 3.05) is 0 Å². The zero-order valence-electron chi connectivity index (χ0n) is 29.0. The molecule has 6 heteroatoms. The molecule has 13 rings (SSSR count). The van der Waals surface area contributed by atoms with E-state index in [1.807, 2.05) is 0 Å². The molecule has 0 bridgehead atoms. The Balaban J connectivity index is 1.27. The van der Waals surface area contributed by atoms with Gasteiger partial charge in [-0.3, -0.25) is 0 Å². The summed E-state index contributed by atoms with van der Waals surface area (Å²) in [4.78, 5) is 0. The zero-order valence-corrected chi connectivity index (χ0v) is 29.0. The molecule has 4 aliphatic heterocycles. The van der Waals surface area contributed by atoms with Crippen molar-refractivity contribution in [1.82, 2.24) is 9.13 Å². The number of ether oxygens (including phenoxy) is 2. The Morgan fingerprint density at radius 3 is 1.92 bits per heavy atom. The molecule has 0 saturated carbocycles. The summed E-state index contributed by atoms with van der Waals surface area (Å²) >= 11 is 0. The van der Waals surface area contributed by atoms with Gasteiger partial charge in [-0.2, -0.15) is 0 Å². The number of aromatic nitrogens is 2. The average Bonchev–Trinajstić information content (AvgIpc) is 3.69. The van der Waals surface area contributed by atoms with E-state index in [9.17, 15) is 0 Å². The number of benzene rings is 7. The minimum Gasteiger partial charge on any atom is -0.458 e. The highest BCUT2D eigenvalue weighted by Crippen LogP contribution is 2.46. The van der Waals surface area contributed by atoms with Crippen molar-refractivity contribution < 1.29 is 9.47 Å². The van der Waals surface area contributed by atoms with Gasteiger partial charge >= 0.3 is 0 Å². The Hall–Kier alpha value is -6.13. The highest BCUT2D eigenvalue weighted by Gasteiger charge is 2.44. The van der Waals surface area contributed by atoms with E-state index < -0.39 is 0 Å². The lowest BCUT2D eigenvalue weighted by Crippen LogP contribution is -2.58. The van der Waals surface area contributed by atoms with E-state index in [1.54, 1.807) is 0 Å². The molecule has 52 heavy (non-hydrogen) atoms. The van der Waals surface area contributed by atoms with Crippen LogP contribution in [-0.4, -0.2) is 22.6 Å². The van der Waals surface area contributed by atoms with Gasteiger partial charge in [0, 0.05) is 32.9 Å². The van der Waals surface area contributed by atoms with Gasteiger partial charge in [-0.25, -0.2) is 0 Å². The number of hydrogen-bond acceptors (Lipinski definition) is 2. The van der Waals surface area contributed by atoms with Crippen LogP contribution in [0, 0.1) is 0 Å². The van der Waals surface area contributed by atoms with Crippen LogP contribution in [0.5, 0.6) is 23.0 Å². The molecule has 0 aliphatic carbocycles. The van der Waals surface area contributed by atoms with Crippen LogP contribution in [0.1, 0.15) is 26.3 Å². The van der Waals surface area contributed by atoms with Crippen LogP contribution in [0.4, 0.5) is 0 Å².